The lowest BCUT2D eigenvalue weighted by Gasteiger charge is -2.01. The van der Waals surface area contributed by atoms with Crippen LogP contribution in [0.25, 0.3) is 0 Å². The second-order valence-corrected chi connectivity index (χ2v) is 3.51. The zero-order chi connectivity index (χ0) is 15.0. The number of anilines is 2. The van der Waals surface area contributed by atoms with Crippen LogP contribution in [0.2, 0.25) is 0 Å². The molecule has 0 unspecified atom stereocenters. The smallest absolute Gasteiger partial charge is 0.228 e. The summed E-state index contributed by atoms with van der Waals surface area (Å²) in [5.41, 5.74) is 6.09. The SMILES string of the molecule is Nc1ccccc1.O=[N+]([O-])N(c1ccccc1)[N+](=O)[O-]. The molecule has 0 aliphatic rings. The van der Waals surface area contributed by atoms with Gasteiger partial charge >= 0.3 is 0 Å². The van der Waals surface area contributed by atoms with Crippen LogP contribution < -0.4 is 10.9 Å². The second-order valence-electron chi connectivity index (χ2n) is 3.51. The predicted octanol–water partition coefficient (Wildman–Crippen LogP) is 2.15. The average Bonchev–Trinajstić information content (AvgIpc) is 2.40. The first-order valence-corrected chi connectivity index (χ1v) is 5.46. The van der Waals surface area contributed by atoms with Gasteiger partial charge in [-0.1, -0.05) is 36.4 Å². The average molecular weight is 276 g/mol. The molecule has 0 spiro atoms. The molecule has 20 heavy (non-hydrogen) atoms. The molecule has 2 aromatic rings. The van der Waals surface area contributed by atoms with Crippen LogP contribution in [0.5, 0.6) is 0 Å². The van der Waals surface area contributed by atoms with E-state index in [0.717, 1.165) is 5.69 Å². The number of hydrazine groups is 2. The Balaban J connectivity index is 0.000000240. The topological polar surface area (TPSA) is 116 Å². The van der Waals surface area contributed by atoms with Gasteiger partial charge in [0.25, 0.3) is 0 Å². The number of rotatable bonds is 3. The summed E-state index contributed by atoms with van der Waals surface area (Å²) < 4.78 is 0. The lowest BCUT2D eigenvalue weighted by Crippen LogP contribution is -2.35. The van der Waals surface area contributed by atoms with E-state index in [4.69, 9.17) is 5.73 Å². The maximum absolute atomic E-state index is 10.2. The number of hydrogen-bond donors (Lipinski definition) is 1. The summed E-state index contributed by atoms with van der Waals surface area (Å²) in [6.07, 6.45) is 0. The molecule has 2 aromatic carbocycles. The molecule has 0 aliphatic carbocycles. The Hall–Kier alpha value is -3.16. The van der Waals surface area contributed by atoms with Crippen LogP contribution in [-0.4, -0.2) is 10.1 Å². The molecule has 8 nitrogen and oxygen atoms in total. The van der Waals surface area contributed by atoms with Crippen LogP contribution in [-0.2, 0) is 0 Å². The molecule has 2 N–H and O–H groups in total. The summed E-state index contributed by atoms with van der Waals surface area (Å²) in [6.45, 7) is 0. The molecule has 0 heterocycles. The monoisotopic (exact) mass is 276 g/mol. The fourth-order valence-corrected chi connectivity index (χ4v) is 1.26. The van der Waals surface area contributed by atoms with Crippen molar-refractivity contribution in [2.45, 2.75) is 0 Å². The molecule has 0 radical (unpaired) electrons. The molecule has 0 aromatic heterocycles. The first-order valence-electron chi connectivity index (χ1n) is 5.46. The first-order chi connectivity index (χ1) is 9.52. The van der Waals surface area contributed by atoms with Crippen LogP contribution in [0.4, 0.5) is 11.4 Å². The Labute approximate surface area is 114 Å². The van der Waals surface area contributed by atoms with Gasteiger partial charge in [-0.25, -0.2) is 20.2 Å². The van der Waals surface area contributed by atoms with Gasteiger partial charge in [-0.05, 0) is 24.3 Å². The van der Waals surface area contributed by atoms with E-state index in [-0.39, 0.29) is 10.8 Å². The maximum atomic E-state index is 10.2. The molecule has 8 heteroatoms. The summed E-state index contributed by atoms with van der Waals surface area (Å²) in [5, 5.41) is 18.1. The highest BCUT2D eigenvalue weighted by atomic mass is 16.8. The lowest BCUT2D eigenvalue weighted by atomic mass is 10.3. The summed E-state index contributed by atoms with van der Waals surface area (Å²) in [5.74, 6) is 0. The maximum Gasteiger partial charge on any atom is 0.228 e. The molecule has 0 amide bonds. The normalized spacial score (nSPS) is 9.00. The van der Waals surface area contributed by atoms with Crippen LogP contribution in [0.3, 0.4) is 0 Å². The summed E-state index contributed by atoms with van der Waals surface area (Å²) in [7, 11) is 0. The molecule has 0 saturated heterocycles. The van der Waals surface area contributed by atoms with E-state index in [1.54, 1.807) is 6.07 Å². The van der Waals surface area contributed by atoms with Crippen LogP contribution in [0.15, 0.2) is 60.7 Å². The van der Waals surface area contributed by atoms with E-state index in [1.807, 2.05) is 30.3 Å². The molecule has 2 rings (SSSR count). The van der Waals surface area contributed by atoms with E-state index in [9.17, 15) is 20.2 Å². The molecular weight excluding hydrogens is 264 g/mol. The summed E-state index contributed by atoms with van der Waals surface area (Å²) in [4.78, 5) is 20.5. The van der Waals surface area contributed by atoms with Gasteiger partial charge in [-0.2, -0.15) is 0 Å². The first kappa shape index (κ1) is 14.9. The van der Waals surface area contributed by atoms with Gasteiger partial charge in [-0.15, -0.1) is 0 Å². The van der Waals surface area contributed by atoms with Gasteiger partial charge in [-0.3, -0.25) is 0 Å². The van der Waals surface area contributed by atoms with E-state index >= 15 is 0 Å². The number of hydrogen-bond acceptors (Lipinski definition) is 5. The molecule has 0 atom stereocenters. The largest absolute Gasteiger partial charge is 0.399 e. The van der Waals surface area contributed by atoms with Crippen molar-refractivity contribution in [1.29, 1.82) is 0 Å². The van der Waals surface area contributed by atoms with Crippen molar-refractivity contribution in [3.63, 3.8) is 0 Å². The van der Waals surface area contributed by atoms with Crippen molar-refractivity contribution in [2.75, 3.05) is 10.9 Å². The van der Waals surface area contributed by atoms with Gasteiger partial charge < -0.3 is 5.73 Å². The Morgan fingerprint density at radius 2 is 1.20 bits per heavy atom. The van der Waals surface area contributed by atoms with Crippen molar-refractivity contribution in [3.05, 3.63) is 80.9 Å². The zero-order valence-corrected chi connectivity index (χ0v) is 10.3. The third kappa shape index (κ3) is 4.61. The number of benzene rings is 2. The van der Waals surface area contributed by atoms with Crippen molar-refractivity contribution in [3.8, 4) is 0 Å². The van der Waals surface area contributed by atoms with Crippen molar-refractivity contribution in [2.24, 2.45) is 0 Å². The van der Waals surface area contributed by atoms with E-state index in [0.29, 0.717) is 0 Å². The molecule has 104 valence electrons. The zero-order valence-electron chi connectivity index (χ0n) is 10.3. The van der Waals surface area contributed by atoms with Gasteiger partial charge in [0.1, 0.15) is 0 Å². The van der Waals surface area contributed by atoms with Crippen LogP contribution >= 0.6 is 0 Å². The predicted molar refractivity (Wildman–Crippen MR) is 73.8 cm³/mol. The molecule has 0 fully saturated rings. The summed E-state index contributed by atoms with van der Waals surface area (Å²) >= 11 is 0. The third-order valence-corrected chi connectivity index (χ3v) is 2.10. The van der Waals surface area contributed by atoms with Gasteiger partial charge in [0.2, 0.25) is 10.1 Å². The minimum atomic E-state index is -1.09. The minimum absolute atomic E-state index is 0.0856. The minimum Gasteiger partial charge on any atom is -0.399 e. The van der Waals surface area contributed by atoms with Crippen molar-refractivity contribution in [1.82, 2.24) is 0 Å². The number of para-hydroxylation sites is 2. The van der Waals surface area contributed by atoms with Gasteiger partial charge in [0.05, 0.1) is 0 Å². The summed E-state index contributed by atoms with van der Waals surface area (Å²) in [6, 6.07) is 16.6. The number of nitrogens with two attached hydrogens (primary N) is 1. The van der Waals surface area contributed by atoms with Gasteiger partial charge in [0, 0.05) is 5.69 Å². The highest BCUT2D eigenvalue weighted by Crippen LogP contribution is 2.12. The fourth-order valence-electron chi connectivity index (χ4n) is 1.26. The fraction of sp³-hybridized carbons (Fsp3) is 0. The molecule has 0 bridgehead atoms. The van der Waals surface area contributed by atoms with Gasteiger partial charge in [0.15, 0.2) is 10.8 Å². The van der Waals surface area contributed by atoms with E-state index in [1.165, 1.54) is 24.3 Å². The number of nitrogens with zero attached hydrogens (tertiary/aromatic N) is 3. The van der Waals surface area contributed by atoms with E-state index in [2.05, 4.69) is 0 Å². The third-order valence-electron chi connectivity index (χ3n) is 2.10. The molecule has 0 saturated carbocycles. The Morgan fingerprint density at radius 1 is 0.800 bits per heavy atom. The highest BCUT2D eigenvalue weighted by Gasteiger charge is 2.29. The Bertz CT molecular complexity index is 548. The van der Waals surface area contributed by atoms with Crippen molar-refractivity contribution < 1.29 is 10.1 Å². The highest BCUT2D eigenvalue weighted by molar-refractivity contribution is 5.40. The lowest BCUT2D eigenvalue weighted by molar-refractivity contribution is -0.711. The number of nitro groups is 2. The quantitative estimate of drug-likeness (QED) is 0.521. The molecule has 0 aliphatic heterocycles. The number of nitrogen functional groups attached to an aromatic ring is 1. The standard InChI is InChI=1S/C6H5N3O4.C6H7N/c10-8(11)7(9(12)13)6-4-2-1-3-5-6;7-6-4-2-1-3-5-6/h1-5H;1-5H,7H2. The van der Waals surface area contributed by atoms with Crippen LogP contribution in [0.1, 0.15) is 0 Å². The second kappa shape index (κ2) is 7.31. The van der Waals surface area contributed by atoms with E-state index < -0.39 is 10.1 Å². The molecular formula is C12H12N4O4. The Kier molecular flexibility index (Phi) is 5.45. The van der Waals surface area contributed by atoms with Crippen LogP contribution in [0, 0.1) is 20.2 Å². The van der Waals surface area contributed by atoms with Crippen molar-refractivity contribution >= 4 is 11.4 Å². The Morgan fingerprint density at radius 3 is 1.50 bits per heavy atom.